The van der Waals surface area contributed by atoms with Gasteiger partial charge in [-0.05, 0) is 42.6 Å². The summed E-state index contributed by atoms with van der Waals surface area (Å²) in [7, 11) is 0. The zero-order valence-electron chi connectivity index (χ0n) is 14.9. The van der Waals surface area contributed by atoms with Crippen molar-refractivity contribution < 1.29 is 0 Å². The summed E-state index contributed by atoms with van der Waals surface area (Å²) in [5, 5.41) is 10.1. The molecule has 2 aromatic carbocycles. The van der Waals surface area contributed by atoms with Crippen LogP contribution in [0.3, 0.4) is 0 Å². The van der Waals surface area contributed by atoms with Crippen molar-refractivity contribution in [2.24, 2.45) is 0 Å². The summed E-state index contributed by atoms with van der Waals surface area (Å²) in [6.07, 6.45) is 1.61. The molecule has 0 atom stereocenters. The number of rotatable bonds is 4. The fourth-order valence-corrected chi connectivity index (χ4v) is 4.26. The summed E-state index contributed by atoms with van der Waals surface area (Å²) < 4.78 is 2.35. The smallest absolute Gasteiger partial charge is 0.134 e. The zero-order valence-corrected chi connectivity index (χ0v) is 15.7. The van der Waals surface area contributed by atoms with Crippen LogP contribution in [0.25, 0.3) is 33.1 Å². The van der Waals surface area contributed by atoms with Crippen molar-refractivity contribution in [2.75, 3.05) is 5.32 Å². The van der Waals surface area contributed by atoms with Gasteiger partial charge in [-0.25, -0.2) is 9.97 Å². The Labute approximate surface area is 161 Å². The molecule has 0 amide bonds. The predicted molar refractivity (Wildman–Crippen MR) is 114 cm³/mol. The lowest BCUT2D eigenvalue weighted by molar-refractivity contribution is 0.827. The Balaban J connectivity index is 1.57. The number of fused-ring (bicyclic) bond motifs is 3. The van der Waals surface area contributed by atoms with Gasteiger partial charge in [0.05, 0.1) is 5.69 Å². The molecule has 27 heavy (non-hydrogen) atoms. The minimum atomic E-state index is 0.796. The first-order valence-corrected chi connectivity index (χ1v) is 9.90. The lowest BCUT2D eigenvalue weighted by Crippen LogP contribution is -1.96. The Morgan fingerprint density at radius 1 is 0.963 bits per heavy atom. The second-order valence-corrected chi connectivity index (χ2v) is 7.20. The molecule has 3 heterocycles. The molecule has 5 rings (SSSR count). The number of hydrogen-bond acceptors (Lipinski definition) is 4. The van der Waals surface area contributed by atoms with Crippen LogP contribution >= 0.6 is 11.3 Å². The van der Waals surface area contributed by atoms with Crippen LogP contribution in [0, 0.1) is 0 Å². The number of nitrogens with one attached hydrogen (secondary N) is 1. The van der Waals surface area contributed by atoms with Gasteiger partial charge in [0.2, 0.25) is 0 Å². The van der Waals surface area contributed by atoms with Gasteiger partial charge < -0.3 is 9.88 Å². The summed E-state index contributed by atoms with van der Waals surface area (Å²) in [6.45, 7) is 3.14. The number of nitrogens with zero attached hydrogens (tertiary/aromatic N) is 3. The average Bonchev–Trinajstić information content (AvgIpc) is 3.34. The first-order valence-electron chi connectivity index (χ1n) is 8.96. The molecule has 4 nitrogen and oxygen atoms in total. The van der Waals surface area contributed by atoms with Crippen molar-refractivity contribution in [3.8, 4) is 11.3 Å². The summed E-state index contributed by atoms with van der Waals surface area (Å²) in [5.74, 6) is 0.796. The van der Waals surface area contributed by atoms with Crippen LogP contribution in [0.1, 0.15) is 6.92 Å². The molecule has 3 aromatic heterocycles. The Morgan fingerprint density at radius 2 is 1.85 bits per heavy atom. The van der Waals surface area contributed by atoms with E-state index in [0.717, 1.165) is 29.3 Å². The van der Waals surface area contributed by atoms with Crippen molar-refractivity contribution >= 4 is 44.6 Å². The Morgan fingerprint density at radius 3 is 2.70 bits per heavy atom. The van der Waals surface area contributed by atoms with Crippen molar-refractivity contribution in [1.82, 2.24) is 14.5 Å². The molecule has 0 radical (unpaired) electrons. The fraction of sp³-hybridized carbons (Fsp3) is 0.0909. The first kappa shape index (κ1) is 16.0. The Kier molecular flexibility index (Phi) is 3.87. The van der Waals surface area contributed by atoms with Gasteiger partial charge in [-0.2, -0.15) is 11.3 Å². The molecule has 132 valence electrons. The van der Waals surface area contributed by atoms with Crippen LogP contribution in [0.15, 0.2) is 71.7 Å². The standard InChI is InChI=1S/C22H18N4S/c1-2-26-20-6-4-3-5-17(20)18-11-16(7-8-21(18)26)25-22-12-19(23-14-24-22)15-9-10-27-13-15/h3-14H,2H2,1H3,(H,23,24,25). The summed E-state index contributed by atoms with van der Waals surface area (Å²) >= 11 is 1.67. The maximum absolute atomic E-state index is 4.38. The minimum Gasteiger partial charge on any atom is -0.341 e. The highest BCUT2D eigenvalue weighted by atomic mass is 32.1. The van der Waals surface area contributed by atoms with Gasteiger partial charge in [0.25, 0.3) is 0 Å². The average molecular weight is 370 g/mol. The molecular formula is C22H18N4S. The molecule has 0 fully saturated rings. The maximum Gasteiger partial charge on any atom is 0.134 e. The zero-order chi connectivity index (χ0) is 18.2. The highest BCUT2D eigenvalue weighted by molar-refractivity contribution is 7.08. The van der Waals surface area contributed by atoms with Crippen LogP contribution in [0.4, 0.5) is 11.5 Å². The van der Waals surface area contributed by atoms with Crippen molar-refractivity contribution in [3.05, 3.63) is 71.7 Å². The van der Waals surface area contributed by atoms with Crippen LogP contribution < -0.4 is 5.32 Å². The van der Waals surface area contributed by atoms with Crippen LogP contribution in [-0.2, 0) is 6.54 Å². The normalized spacial score (nSPS) is 11.3. The second kappa shape index (κ2) is 6.52. The molecule has 1 N–H and O–H groups in total. The molecule has 0 aliphatic rings. The molecule has 0 spiro atoms. The molecule has 0 bridgehead atoms. The molecule has 0 unspecified atom stereocenters. The van der Waals surface area contributed by atoms with Gasteiger partial charge in [0.1, 0.15) is 12.1 Å². The van der Waals surface area contributed by atoms with Crippen molar-refractivity contribution in [2.45, 2.75) is 13.5 Å². The summed E-state index contributed by atoms with van der Waals surface area (Å²) in [4.78, 5) is 8.77. The van der Waals surface area contributed by atoms with Gasteiger partial charge in [0.15, 0.2) is 0 Å². The number of para-hydroxylation sites is 1. The van der Waals surface area contributed by atoms with E-state index in [2.05, 4.69) is 86.1 Å². The third kappa shape index (κ3) is 2.76. The van der Waals surface area contributed by atoms with E-state index in [1.165, 1.54) is 21.8 Å². The van der Waals surface area contributed by atoms with E-state index in [1.54, 1.807) is 17.7 Å². The highest BCUT2D eigenvalue weighted by Gasteiger charge is 2.10. The number of aryl methyl sites for hydroxylation is 1. The second-order valence-electron chi connectivity index (χ2n) is 6.42. The lowest BCUT2D eigenvalue weighted by atomic mass is 10.1. The summed E-state index contributed by atoms with van der Waals surface area (Å²) in [5.41, 5.74) is 5.60. The number of benzene rings is 2. The third-order valence-corrected chi connectivity index (χ3v) is 5.53. The van der Waals surface area contributed by atoms with Gasteiger partial charge in [-0.1, -0.05) is 18.2 Å². The first-order chi connectivity index (χ1) is 13.3. The minimum absolute atomic E-state index is 0.796. The van der Waals surface area contributed by atoms with E-state index in [-0.39, 0.29) is 0 Å². The van der Waals surface area contributed by atoms with Crippen LogP contribution in [0.5, 0.6) is 0 Å². The van der Waals surface area contributed by atoms with E-state index in [4.69, 9.17) is 0 Å². The van der Waals surface area contributed by atoms with Crippen molar-refractivity contribution in [3.63, 3.8) is 0 Å². The molecule has 0 aliphatic heterocycles. The molecule has 0 aliphatic carbocycles. The number of hydrogen-bond donors (Lipinski definition) is 1. The predicted octanol–water partition coefficient (Wildman–Crippen LogP) is 6.08. The van der Waals surface area contributed by atoms with Gasteiger partial charge in [0, 0.05) is 51.0 Å². The Bertz CT molecular complexity index is 1240. The SMILES string of the molecule is CCn1c2ccccc2c2cc(Nc3cc(-c4ccsc4)ncn3)ccc21. The van der Waals surface area contributed by atoms with E-state index in [1.807, 2.05) is 6.07 Å². The highest BCUT2D eigenvalue weighted by Crippen LogP contribution is 2.32. The van der Waals surface area contributed by atoms with Crippen LogP contribution in [0.2, 0.25) is 0 Å². The van der Waals surface area contributed by atoms with E-state index in [0.29, 0.717) is 0 Å². The molecule has 5 aromatic rings. The van der Waals surface area contributed by atoms with Gasteiger partial charge >= 0.3 is 0 Å². The van der Waals surface area contributed by atoms with E-state index < -0.39 is 0 Å². The fourth-order valence-electron chi connectivity index (χ4n) is 3.61. The van der Waals surface area contributed by atoms with Gasteiger partial charge in [-0.3, -0.25) is 0 Å². The molecule has 5 heteroatoms. The topological polar surface area (TPSA) is 42.7 Å². The van der Waals surface area contributed by atoms with Crippen molar-refractivity contribution in [1.29, 1.82) is 0 Å². The maximum atomic E-state index is 4.38. The summed E-state index contributed by atoms with van der Waals surface area (Å²) in [6, 6.07) is 19.1. The molecule has 0 saturated heterocycles. The molecule has 0 saturated carbocycles. The van der Waals surface area contributed by atoms with Gasteiger partial charge in [-0.15, -0.1) is 0 Å². The number of aromatic nitrogens is 3. The number of thiophene rings is 1. The van der Waals surface area contributed by atoms with E-state index >= 15 is 0 Å². The monoisotopic (exact) mass is 370 g/mol. The Hall–Kier alpha value is -3.18. The van der Waals surface area contributed by atoms with Crippen LogP contribution in [-0.4, -0.2) is 14.5 Å². The largest absolute Gasteiger partial charge is 0.341 e. The van der Waals surface area contributed by atoms with E-state index in [9.17, 15) is 0 Å². The quantitative estimate of drug-likeness (QED) is 0.417. The molecular weight excluding hydrogens is 352 g/mol. The third-order valence-electron chi connectivity index (χ3n) is 4.85. The lowest BCUT2D eigenvalue weighted by Gasteiger charge is -2.08. The number of anilines is 2.